The first kappa shape index (κ1) is 24.3. The Morgan fingerprint density at radius 1 is 0.971 bits per heavy atom. The topological polar surface area (TPSA) is 72.5 Å². The van der Waals surface area contributed by atoms with Crippen LogP contribution in [0, 0.1) is 6.92 Å². The molecule has 2 amide bonds. The molecule has 2 N–H and O–H groups in total. The minimum atomic E-state index is -0.313. The van der Waals surface area contributed by atoms with Gasteiger partial charge in [-0.3, -0.25) is 0 Å². The first-order valence-corrected chi connectivity index (χ1v) is 13.4. The van der Waals surface area contributed by atoms with Crippen LogP contribution in [0.3, 0.4) is 0 Å². The van der Waals surface area contributed by atoms with Gasteiger partial charge in [0.2, 0.25) is 0 Å². The lowest BCUT2D eigenvalue weighted by Gasteiger charge is -2.21. The molecule has 1 atom stereocenters. The van der Waals surface area contributed by atoms with Gasteiger partial charge < -0.3 is 20.1 Å². The number of aromatic nitrogens is 1. The summed E-state index contributed by atoms with van der Waals surface area (Å²) in [4.78, 5) is 18.7. The Kier molecular flexibility index (Phi) is 7.28. The number of pyridine rings is 1. The number of carbonyl (C=O) groups is 1. The number of hydrogen-bond donors (Lipinski definition) is 2. The van der Waals surface area contributed by atoms with Crippen molar-refractivity contribution in [2.75, 3.05) is 32.0 Å². The summed E-state index contributed by atoms with van der Waals surface area (Å²) in [6.07, 6.45) is 4.77. The van der Waals surface area contributed by atoms with Crippen LogP contribution in [0.4, 0.5) is 10.5 Å². The summed E-state index contributed by atoms with van der Waals surface area (Å²) in [5.74, 6) is 1.61. The van der Waals surface area contributed by atoms with Crippen molar-refractivity contribution < 1.29 is 14.3 Å². The standard InChI is InChI=1S/C26H29N3O3S2/c1-16-14-21(33-4)23(24(27-16)34-5)29-25(30)28-22-15-26(22,17-6-10-19(31-2)11-7-17)18-8-12-20(32-3)13-9-18/h6-14,22H,15H2,1-5H3,(H2,28,29,30). The number of rotatable bonds is 8. The molecule has 178 valence electrons. The number of aryl methyl sites for hydroxylation is 1. The second kappa shape index (κ2) is 10.2. The molecule has 1 fully saturated rings. The van der Waals surface area contributed by atoms with Crippen molar-refractivity contribution in [1.82, 2.24) is 10.3 Å². The van der Waals surface area contributed by atoms with E-state index >= 15 is 0 Å². The molecule has 0 aliphatic heterocycles. The van der Waals surface area contributed by atoms with Gasteiger partial charge in [0.05, 0.1) is 19.9 Å². The van der Waals surface area contributed by atoms with E-state index in [1.807, 2.05) is 49.8 Å². The largest absolute Gasteiger partial charge is 0.497 e. The number of amides is 2. The van der Waals surface area contributed by atoms with E-state index in [-0.39, 0.29) is 17.5 Å². The monoisotopic (exact) mass is 495 g/mol. The highest BCUT2D eigenvalue weighted by atomic mass is 32.2. The van der Waals surface area contributed by atoms with Crippen LogP contribution in [0.5, 0.6) is 11.5 Å². The molecule has 3 aromatic rings. The summed E-state index contributed by atoms with van der Waals surface area (Å²) in [5.41, 5.74) is 3.64. The number of anilines is 1. The number of urea groups is 1. The number of ether oxygens (including phenoxy) is 2. The number of nitrogens with zero attached hydrogens (tertiary/aromatic N) is 1. The average molecular weight is 496 g/mol. The minimum absolute atomic E-state index is 0.0526. The van der Waals surface area contributed by atoms with Crippen LogP contribution in [-0.2, 0) is 5.41 Å². The van der Waals surface area contributed by atoms with Gasteiger partial charge in [0, 0.05) is 22.0 Å². The molecule has 1 heterocycles. The zero-order chi connectivity index (χ0) is 24.3. The van der Waals surface area contributed by atoms with E-state index < -0.39 is 0 Å². The highest BCUT2D eigenvalue weighted by Crippen LogP contribution is 2.54. The second-order valence-electron chi connectivity index (χ2n) is 8.13. The van der Waals surface area contributed by atoms with Gasteiger partial charge in [-0.2, -0.15) is 0 Å². The summed E-state index contributed by atoms with van der Waals surface area (Å²) in [6, 6.07) is 17.9. The molecule has 8 heteroatoms. The van der Waals surface area contributed by atoms with Gasteiger partial charge in [-0.15, -0.1) is 23.5 Å². The van der Waals surface area contributed by atoms with Crippen LogP contribution in [-0.4, -0.2) is 43.8 Å². The van der Waals surface area contributed by atoms with E-state index in [9.17, 15) is 4.79 Å². The highest BCUT2D eigenvalue weighted by Gasteiger charge is 2.57. The molecule has 0 bridgehead atoms. The maximum absolute atomic E-state index is 13.1. The van der Waals surface area contributed by atoms with Crippen LogP contribution < -0.4 is 20.1 Å². The zero-order valence-electron chi connectivity index (χ0n) is 20.0. The maximum atomic E-state index is 13.1. The van der Waals surface area contributed by atoms with Crippen molar-refractivity contribution in [3.8, 4) is 11.5 Å². The summed E-state index contributed by atoms with van der Waals surface area (Å²) in [5, 5.41) is 7.08. The lowest BCUT2D eigenvalue weighted by Crippen LogP contribution is -2.35. The van der Waals surface area contributed by atoms with E-state index in [1.165, 1.54) is 11.8 Å². The van der Waals surface area contributed by atoms with Gasteiger partial charge in [-0.05, 0) is 67.3 Å². The molecular weight excluding hydrogens is 466 g/mol. The van der Waals surface area contributed by atoms with Crippen LogP contribution in [0.25, 0.3) is 0 Å². The number of methoxy groups -OCH3 is 2. The molecule has 1 aliphatic rings. The highest BCUT2D eigenvalue weighted by molar-refractivity contribution is 7.99. The normalized spacial score (nSPS) is 16.0. The lowest BCUT2D eigenvalue weighted by molar-refractivity contribution is 0.251. The number of carbonyl (C=O) groups excluding carboxylic acids is 1. The first-order valence-electron chi connectivity index (χ1n) is 10.9. The molecular formula is C26H29N3O3S2. The fourth-order valence-electron chi connectivity index (χ4n) is 4.37. The van der Waals surface area contributed by atoms with E-state index in [4.69, 9.17) is 9.47 Å². The van der Waals surface area contributed by atoms with Gasteiger partial charge >= 0.3 is 6.03 Å². The number of benzene rings is 2. The average Bonchev–Trinajstić information content (AvgIpc) is 3.59. The lowest BCUT2D eigenvalue weighted by atomic mass is 9.87. The predicted molar refractivity (Wildman–Crippen MR) is 140 cm³/mol. The summed E-state index contributed by atoms with van der Waals surface area (Å²) in [7, 11) is 3.32. The Morgan fingerprint density at radius 2 is 1.53 bits per heavy atom. The van der Waals surface area contributed by atoms with Crippen molar-refractivity contribution >= 4 is 35.2 Å². The van der Waals surface area contributed by atoms with Gasteiger partial charge in [0.1, 0.15) is 16.5 Å². The first-order chi connectivity index (χ1) is 16.4. The molecule has 1 aliphatic carbocycles. The molecule has 1 aromatic heterocycles. The van der Waals surface area contributed by atoms with Gasteiger partial charge in [0.25, 0.3) is 0 Å². The Labute approximate surface area is 209 Å². The predicted octanol–water partition coefficient (Wildman–Crippen LogP) is 5.73. The number of thioether (sulfide) groups is 2. The maximum Gasteiger partial charge on any atom is 0.319 e. The number of nitrogens with one attached hydrogen (secondary N) is 2. The molecule has 4 rings (SSSR count). The zero-order valence-corrected chi connectivity index (χ0v) is 21.6. The van der Waals surface area contributed by atoms with E-state index in [2.05, 4.69) is 39.9 Å². The third kappa shape index (κ3) is 4.70. The van der Waals surface area contributed by atoms with Crippen LogP contribution >= 0.6 is 23.5 Å². The van der Waals surface area contributed by atoms with Gasteiger partial charge in [0.15, 0.2) is 0 Å². The van der Waals surface area contributed by atoms with Crippen LogP contribution in [0.15, 0.2) is 64.5 Å². The van der Waals surface area contributed by atoms with Crippen molar-refractivity contribution in [3.05, 3.63) is 71.4 Å². The molecule has 0 radical (unpaired) electrons. The van der Waals surface area contributed by atoms with Gasteiger partial charge in [-0.1, -0.05) is 24.3 Å². The molecule has 1 saturated carbocycles. The molecule has 0 spiro atoms. The van der Waals surface area contributed by atoms with E-state index in [0.29, 0.717) is 0 Å². The van der Waals surface area contributed by atoms with Crippen molar-refractivity contribution in [2.45, 2.75) is 34.7 Å². The Morgan fingerprint density at radius 3 is 2.00 bits per heavy atom. The SMILES string of the molecule is COc1ccc(C2(c3ccc(OC)cc3)CC2NC(=O)Nc2c(SC)cc(C)nc2SC)cc1. The quantitative estimate of drug-likeness (QED) is 0.389. The smallest absolute Gasteiger partial charge is 0.319 e. The Balaban J connectivity index is 1.60. The molecule has 1 unspecified atom stereocenters. The number of hydrogen-bond acceptors (Lipinski definition) is 6. The molecule has 6 nitrogen and oxygen atoms in total. The van der Waals surface area contributed by atoms with Crippen LogP contribution in [0.1, 0.15) is 23.2 Å². The summed E-state index contributed by atoms with van der Waals surface area (Å²) >= 11 is 3.12. The van der Waals surface area contributed by atoms with Crippen LogP contribution in [0.2, 0.25) is 0 Å². The molecule has 34 heavy (non-hydrogen) atoms. The van der Waals surface area contributed by atoms with E-state index in [0.717, 1.165) is 50.3 Å². The van der Waals surface area contributed by atoms with Gasteiger partial charge in [-0.25, -0.2) is 9.78 Å². The van der Waals surface area contributed by atoms with Crippen molar-refractivity contribution in [3.63, 3.8) is 0 Å². The Bertz CT molecular complexity index is 1090. The van der Waals surface area contributed by atoms with Crippen molar-refractivity contribution in [1.29, 1.82) is 0 Å². The molecule has 2 aromatic carbocycles. The molecule has 0 saturated heterocycles. The van der Waals surface area contributed by atoms with E-state index in [1.54, 1.807) is 26.0 Å². The van der Waals surface area contributed by atoms with Crippen molar-refractivity contribution in [2.24, 2.45) is 0 Å². The Hall–Kier alpha value is -2.84. The second-order valence-corrected chi connectivity index (χ2v) is 9.78. The fraction of sp³-hybridized carbons (Fsp3) is 0.308. The minimum Gasteiger partial charge on any atom is -0.497 e. The third-order valence-corrected chi connectivity index (χ3v) is 7.65. The summed E-state index contributed by atoms with van der Waals surface area (Å²) in [6.45, 7) is 1.96. The summed E-state index contributed by atoms with van der Waals surface area (Å²) < 4.78 is 10.7. The third-order valence-electron chi connectivity index (χ3n) is 6.21. The fourth-order valence-corrected chi connectivity index (χ4v) is 5.67.